The number of halogens is 1. The molecule has 7 heteroatoms. The number of hydrogen-bond donors (Lipinski definition) is 1. The molecule has 0 atom stereocenters. The molecule has 0 aliphatic heterocycles. The fourth-order valence-corrected chi connectivity index (χ4v) is 2.41. The van der Waals surface area contributed by atoms with Gasteiger partial charge in [-0.3, -0.25) is 0 Å². The van der Waals surface area contributed by atoms with E-state index in [1.54, 1.807) is 7.11 Å². The lowest BCUT2D eigenvalue weighted by atomic mass is 10.3. The topological polar surface area (TPSA) is 56.3 Å². The number of aromatic nitrogens is 2. The highest BCUT2D eigenvalue weighted by atomic mass is 79.9. The van der Waals surface area contributed by atoms with Crippen LogP contribution in [-0.2, 0) is 11.3 Å². The van der Waals surface area contributed by atoms with Gasteiger partial charge in [0.05, 0.1) is 6.61 Å². The van der Waals surface area contributed by atoms with E-state index >= 15 is 0 Å². The van der Waals surface area contributed by atoms with Crippen LogP contribution in [0.4, 0.5) is 0 Å². The summed E-state index contributed by atoms with van der Waals surface area (Å²) >= 11 is 4.82. The summed E-state index contributed by atoms with van der Waals surface area (Å²) in [5.41, 5.74) is 0. The second-order valence-corrected chi connectivity index (χ2v) is 5.63. The van der Waals surface area contributed by atoms with Gasteiger partial charge < -0.3 is 14.8 Å². The first-order valence-corrected chi connectivity index (χ1v) is 7.34. The summed E-state index contributed by atoms with van der Waals surface area (Å²) in [5.74, 6) is 0.740. The van der Waals surface area contributed by atoms with E-state index in [1.165, 1.54) is 11.3 Å². The second kappa shape index (κ2) is 7.54. The molecule has 0 saturated carbocycles. The quantitative estimate of drug-likeness (QED) is 0.783. The highest BCUT2D eigenvalue weighted by Gasteiger charge is 2.06. The van der Waals surface area contributed by atoms with E-state index < -0.39 is 0 Å². The Bertz CT molecular complexity index is 521. The Morgan fingerprint density at radius 2 is 2.26 bits per heavy atom. The van der Waals surface area contributed by atoms with Crippen molar-refractivity contribution in [2.45, 2.75) is 6.54 Å². The van der Waals surface area contributed by atoms with Gasteiger partial charge in [0, 0.05) is 24.7 Å². The Kier molecular flexibility index (Phi) is 5.71. The van der Waals surface area contributed by atoms with Crippen molar-refractivity contribution < 1.29 is 9.47 Å². The lowest BCUT2D eigenvalue weighted by Gasteiger charge is -2.01. The van der Waals surface area contributed by atoms with Crippen LogP contribution in [0.2, 0.25) is 0 Å². The average Bonchev–Trinajstić information content (AvgIpc) is 2.82. The van der Waals surface area contributed by atoms with Crippen LogP contribution in [-0.4, -0.2) is 30.5 Å². The van der Waals surface area contributed by atoms with Gasteiger partial charge in [-0.1, -0.05) is 38.4 Å². The third-order valence-electron chi connectivity index (χ3n) is 2.21. The molecule has 5 nitrogen and oxygen atoms in total. The number of nitrogens with one attached hydrogen (secondary N) is 1. The first-order chi connectivity index (χ1) is 9.28. The molecule has 1 heterocycles. The van der Waals surface area contributed by atoms with Crippen molar-refractivity contribution in [3.63, 3.8) is 0 Å². The molecule has 1 aromatic heterocycles. The summed E-state index contributed by atoms with van der Waals surface area (Å²) < 4.78 is 11.5. The maximum Gasteiger partial charge on any atom is 0.299 e. The Labute approximate surface area is 124 Å². The zero-order valence-electron chi connectivity index (χ0n) is 10.4. The number of hydrogen-bond acceptors (Lipinski definition) is 6. The largest absolute Gasteiger partial charge is 0.430 e. The van der Waals surface area contributed by atoms with Gasteiger partial charge in [-0.05, 0) is 18.2 Å². The molecule has 2 aromatic rings. The van der Waals surface area contributed by atoms with Crippen molar-refractivity contribution >= 4 is 27.3 Å². The number of nitrogens with zero attached hydrogens (tertiary/aromatic N) is 2. The second-order valence-electron chi connectivity index (χ2n) is 3.69. The van der Waals surface area contributed by atoms with Gasteiger partial charge in [-0.15, -0.1) is 5.10 Å². The van der Waals surface area contributed by atoms with Crippen LogP contribution >= 0.6 is 27.3 Å². The SMILES string of the molecule is COCCNCc1nnc(Oc2cccc(Br)c2)s1. The lowest BCUT2D eigenvalue weighted by Crippen LogP contribution is -2.18. The monoisotopic (exact) mass is 343 g/mol. The molecule has 2 rings (SSSR count). The molecule has 0 amide bonds. The predicted octanol–water partition coefficient (Wildman–Crippen LogP) is 2.83. The maximum atomic E-state index is 5.63. The molecule has 0 radical (unpaired) electrons. The normalized spacial score (nSPS) is 10.6. The maximum absolute atomic E-state index is 5.63. The fraction of sp³-hybridized carbons (Fsp3) is 0.333. The van der Waals surface area contributed by atoms with E-state index in [4.69, 9.17) is 9.47 Å². The molecule has 0 fully saturated rings. The minimum absolute atomic E-state index is 0.543. The van der Waals surface area contributed by atoms with Gasteiger partial charge in [-0.2, -0.15) is 0 Å². The van der Waals surface area contributed by atoms with E-state index in [2.05, 4.69) is 31.4 Å². The van der Waals surface area contributed by atoms with E-state index in [0.29, 0.717) is 18.3 Å². The Hall–Kier alpha value is -1.02. The van der Waals surface area contributed by atoms with Crippen LogP contribution in [0.25, 0.3) is 0 Å². The van der Waals surface area contributed by atoms with Gasteiger partial charge in [0.25, 0.3) is 5.19 Å². The predicted molar refractivity (Wildman–Crippen MR) is 77.7 cm³/mol. The minimum Gasteiger partial charge on any atom is -0.430 e. The van der Waals surface area contributed by atoms with Crippen LogP contribution in [0.15, 0.2) is 28.7 Å². The molecule has 0 spiro atoms. The van der Waals surface area contributed by atoms with Crippen LogP contribution < -0.4 is 10.1 Å². The molecule has 19 heavy (non-hydrogen) atoms. The van der Waals surface area contributed by atoms with Crippen molar-refractivity contribution in [2.24, 2.45) is 0 Å². The van der Waals surface area contributed by atoms with Crippen molar-refractivity contribution in [1.29, 1.82) is 0 Å². The van der Waals surface area contributed by atoms with E-state index in [9.17, 15) is 0 Å². The first kappa shape index (κ1) is 14.4. The van der Waals surface area contributed by atoms with Crippen molar-refractivity contribution in [1.82, 2.24) is 15.5 Å². The summed E-state index contributed by atoms with van der Waals surface area (Å²) in [6, 6.07) is 7.62. The van der Waals surface area contributed by atoms with Gasteiger partial charge in [-0.25, -0.2) is 0 Å². The molecule has 0 unspecified atom stereocenters. The summed E-state index contributed by atoms with van der Waals surface area (Å²) in [5, 5.41) is 12.7. The van der Waals surface area contributed by atoms with Crippen LogP contribution in [0.5, 0.6) is 10.9 Å². The molecule has 102 valence electrons. The van der Waals surface area contributed by atoms with Crippen molar-refractivity contribution in [3.8, 4) is 10.9 Å². The van der Waals surface area contributed by atoms with Gasteiger partial charge in [0.2, 0.25) is 0 Å². The van der Waals surface area contributed by atoms with Crippen molar-refractivity contribution in [3.05, 3.63) is 33.7 Å². The number of benzene rings is 1. The zero-order valence-corrected chi connectivity index (χ0v) is 12.8. The Morgan fingerprint density at radius 1 is 1.37 bits per heavy atom. The fourth-order valence-electron chi connectivity index (χ4n) is 1.35. The van der Waals surface area contributed by atoms with Crippen LogP contribution in [0, 0.1) is 0 Å². The highest BCUT2D eigenvalue weighted by molar-refractivity contribution is 9.10. The van der Waals surface area contributed by atoms with Crippen molar-refractivity contribution in [2.75, 3.05) is 20.3 Å². The third kappa shape index (κ3) is 4.87. The minimum atomic E-state index is 0.543. The molecule has 0 aliphatic carbocycles. The number of rotatable bonds is 7. The summed E-state index contributed by atoms with van der Waals surface area (Å²) in [4.78, 5) is 0. The Morgan fingerprint density at radius 3 is 3.05 bits per heavy atom. The molecule has 1 aromatic carbocycles. The zero-order chi connectivity index (χ0) is 13.5. The molecular weight excluding hydrogens is 330 g/mol. The number of methoxy groups -OCH3 is 1. The molecule has 0 saturated heterocycles. The third-order valence-corrected chi connectivity index (χ3v) is 3.50. The molecule has 0 aliphatic rings. The molecule has 1 N–H and O–H groups in total. The Balaban J connectivity index is 1.87. The van der Waals surface area contributed by atoms with Gasteiger partial charge in [0.15, 0.2) is 0 Å². The van der Waals surface area contributed by atoms with Gasteiger partial charge in [0.1, 0.15) is 10.8 Å². The molecule has 0 bridgehead atoms. The van der Waals surface area contributed by atoms with E-state index in [0.717, 1.165) is 21.8 Å². The highest BCUT2D eigenvalue weighted by Crippen LogP contribution is 2.26. The van der Waals surface area contributed by atoms with Crippen LogP contribution in [0.1, 0.15) is 5.01 Å². The van der Waals surface area contributed by atoms with Gasteiger partial charge >= 0.3 is 0 Å². The van der Waals surface area contributed by atoms with Crippen LogP contribution in [0.3, 0.4) is 0 Å². The van der Waals surface area contributed by atoms with E-state index in [-0.39, 0.29) is 0 Å². The van der Waals surface area contributed by atoms with E-state index in [1.807, 2.05) is 24.3 Å². The summed E-state index contributed by atoms with van der Waals surface area (Å²) in [6.07, 6.45) is 0. The smallest absolute Gasteiger partial charge is 0.299 e. The first-order valence-electron chi connectivity index (χ1n) is 5.73. The summed E-state index contributed by atoms with van der Waals surface area (Å²) in [6.45, 7) is 2.14. The lowest BCUT2D eigenvalue weighted by molar-refractivity contribution is 0.199. The summed E-state index contributed by atoms with van der Waals surface area (Å²) in [7, 11) is 1.68. The molecular formula is C12H14BrN3O2S. The standard InChI is InChI=1S/C12H14BrN3O2S/c1-17-6-5-14-8-11-15-16-12(19-11)18-10-4-2-3-9(13)7-10/h2-4,7,14H,5-6,8H2,1H3. The number of ether oxygens (including phenoxy) is 2. The average molecular weight is 344 g/mol.